The van der Waals surface area contributed by atoms with Gasteiger partial charge in [0.15, 0.2) is 0 Å². The average Bonchev–Trinajstić information content (AvgIpc) is 2.96. The van der Waals surface area contributed by atoms with Crippen molar-refractivity contribution in [3.63, 3.8) is 0 Å². The van der Waals surface area contributed by atoms with Gasteiger partial charge in [-0.3, -0.25) is 14.5 Å². The molecule has 9 heteroatoms. The van der Waals surface area contributed by atoms with Gasteiger partial charge in [0.05, 0.1) is 7.11 Å². The van der Waals surface area contributed by atoms with Crippen LogP contribution in [0.1, 0.15) is 11.8 Å². The number of oxazole rings is 1. The molecule has 0 bridgehead atoms. The Labute approximate surface area is 119 Å². The average molecular weight is 293 g/mol. The van der Waals surface area contributed by atoms with Crippen molar-refractivity contribution in [3.05, 3.63) is 12.0 Å². The first kappa shape index (κ1) is 13.3. The zero-order chi connectivity index (χ0) is 15.3. The highest BCUT2D eigenvalue weighted by Crippen LogP contribution is 2.28. The predicted octanol–water partition coefficient (Wildman–Crippen LogP) is -0.473. The number of aliphatic imine (C=N–C) groups is 1. The Morgan fingerprint density at radius 2 is 2.24 bits per heavy atom. The van der Waals surface area contributed by atoms with E-state index in [-0.39, 0.29) is 11.9 Å². The fourth-order valence-electron chi connectivity index (χ4n) is 2.37. The summed E-state index contributed by atoms with van der Waals surface area (Å²) in [5.74, 6) is -0.326. The first-order valence-corrected chi connectivity index (χ1v) is 6.20. The van der Waals surface area contributed by atoms with Gasteiger partial charge in [-0.2, -0.15) is 4.57 Å². The Morgan fingerprint density at radius 1 is 1.52 bits per heavy atom. The standard InChI is InChI=1S/C12H13N4O5/c1-6-4-15-8-9(13-11(15)21-6)14(2)12(19)16(10(8)18)5-7(17)20-3/h4,8H,5H2,1-3H3/q+1. The molecule has 1 fully saturated rings. The van der Waals surface area contributed by atoms with Gasteiger partial charge in [0, 0.05) is 12.0 Å². The first-order valence-electron chi connectivity index (χ1n) is 6.20. The molecule has 0 radical (unpaired) electrons. The Morgan fingerprint density at radius 3 is 2.90 bits per heavy atom. The number of esters is 1. The Balaban J connectivity index is 2.01. The summed E-state index contributed by atoms with van der Waals surface area (Å²) in [6.45, 7) is 1.30. The molecule has 3 amide bonds. The number of hydrogen-bond acceptors (Lipinski definition) is 6. The molecule has 1 saturated heterocycles. The lowest BCUT2D eigenvalue weighted by Gasteiger charge is -2.31. The number of imide groups is 1. The molecule has 9 nitrogen and oxygen atoms in total. The number of carbonyl (C=O) groups excluding carboxylic acids is 3. The molecule has 110 valence electrons. The lowest BCUT2D eigenvalue weighted by atomic mass is 10.1. The predicted molar refractivity (Wildman–Crippen MR) is 66.7 cm³/mol. The van der Waals surface area contributed by atoms with Gasteiger partial charge in [0.2, 0.25) is 0 Å². The van der Waals surface area contributed by atoms with E-state index < -0.39 is 30.5 Å². The van der Waals surface area contributed by atoms with Crippen LogP contribution in [0.3, 0.4) is 0 Å². The van der Waals surface area contributed by atoms with E-state index in [9.17, 15) is 14.4 Å². The highest BCUT2D eigenvalue weighted by atomic mass is 16.5. The number of ether oxygens (including phenoxy) is 1. The van der Waals surface area contributed by atoms with Crippen molar-refractivity contribution < 1.29 is 28.1 Å². The van der Waals surface area contributed by atoms with Crippen LogP contribution in [0.2, 0.25) is 0 Å². The monoisotopic (exact) mass is 293 g/mol. The quantitative estimate of drug-likeness (QED) is 0.542. The summed E-state index contributed by atoms with van der Waals surface area (Å²) >= 11 is 0. The van der Waals surface area contributed by atoms with Crippen LogP contribution in [0.15, 0.2) is 15.6 Å². The number of carbonyl (C=O) groups is 3. The van der Waals surface area contributed by atoms with Crippen molar-refractivity contribution in [3.8, 4) is 0 Å². The van der Waals surface area contributed by atoms with Gasteiger partial charge in [-0.05, 0) is 6.92 Å². The first-order chi connectivity index (χ1) is 9.93. The van der Waals surface area contributed by atoms with Crippen molar-refractivity contribution in [2.75, 3.05) is 20.7 Å². The third-order valence-electron chi connectivity index (χ3n) is 3.40. The van der Waals surface area contributed by atoms with Gasteiger partial charge in [0.1, 0.15) is 18.5 Å². The molecular weight excluding hydrogens is 280 g/mol. The van der Waals surface area contributed by atoms with Crippen molar-refractivity contribution >= 4 is 29.8 Å². The van der Waals surface area contributed by atoms with Gasteiger partial charge in [-0.15, -0.1) is 0 Å². The molecule has 0 saturated carbocycles. The van der Waals surface area contributed by atoms with Crippen LogP contribution in [-0.4, -0.2) is 54.2 Å². The van der Waals surface area contributed by atoms with E-state index in [1.54, 1.807) is 17.7 Å². The van der Waals surface area contributed by atoms with E-state index in [4.69, 9.17) is 4.42 Å². The molecule has 0 aliphatic carbocycles. The summed E-state index contributed by atoms with van der Waals surface area (Å²) in [6.07, 6.45) is 1.63. The number of amides is 3. The van der Waals surface area contributed by atoms with Gasteiger partial charge in [-0.1, -0.05) is 0 Å². The number of fused-ring (bicyclic) bond motifs is 3. The lowest BCUT2D eigenvalue weighted by molar-refractivity contribution is -0.679. The number of rotatable bonds is 2. The minimum atomic E-state index is -0.801. The van der Waals surface area contributed by atoms with Gasteiger partial charge >= 0.3 is 18.0 Å². The maximum absolute atomic E-state index is 12.5. The van der Waals surface area contributed by atoms with E-state index in [0.717, 1.165) is 4.90 Å². The highest BCUT2D eigenvalue weighted by molar-refractivity contribution is 6.19. The number of aromatic nitrogens is 1. The third-order valence-corrected chi connectivity index (χ3v) is 3.40. The molecule has 0 spiro atoms. The second-order valence-corrected chi connectivity index (χ2v) is 4.75. The Hall–Kier alpha value is -2.71. The molecule has 1 atom stereocenters. The van der Waals surface area contributed by atoms with E-state index in [2.05, 4.69) is 9.73 Å². The number of likely N-dealkylation sites (N-methyl/N-ethyl adjacent to an activating group) is 1. The third kappa shape index (κ3) is 1.81. The minimum absolute atomic E-state index is 0.250. The molecule has 1 aromatic rings. The molecule has 2 aliphatic rings. The smallest absolute Gasteiger partial charge is 0.468 e. The van der Waals surface area contributed by atoms with Crippen molar-refractivity contribution in [1.82, 2.24) is 9.80 Å². The summed E-state index contributed by atoms with van der Waals surface area (Å²) in [6, 6.07) is -1.17. The van der Waals surface area contributed by atoms with Crippen molar-refractivity contribution in [2.24, 2.45) is 4.99 Å². The van der Waals surface area contributed by atoms with Crippen molar-refractivity contribution in [2.45, 2.75) is 13.0 Å². The summed E-state index contributed by atoms with van der Waals surface area (Å²) < 4.78 is 11.4. The maximum Gasteiger partial charge on any atom is 0.506 e. The zero-order valence-electron chi connectivity index (χ0n) is 11.7. The van der Waals surface area contributed by atoms with E-state index >= 15 is 0 Å². The fraction of sp³-hybridized carbons (Fsp3) is 0.417. The second-order valence-electron chi connectivity index (χ2n) is 4.75. The van der Waals surface area contributed by atoms with E-state index in [1.165, 1.54) is 19.1 Å². The second kappa shape index (κ2) is 4.40. The van der Waals surface area contributed by atoms with Crippen LogP contribution in [0, 0.1) is 6.92 Å². The van der Waals surface area contributed by atoms with Crippen LogP contribution < -0.4 is 4.57 Å². The van der Waals surface area contributed by atoms with Crippen LogP contribution in [0.25, 0.3) is 0 Å². The molecule has 3 heterocycles. The number of hydrogen-bond donors (Lipinski definition) is 0. The number of aryl methyl sites for hydroxylation is 1. The van der Waals surface area contributed by atoms with Crippen LogP contribution in [0.5, 0.6) is 0 Å². The molecule has 1 unspecified atom stereocenters. The number of nitrogens with zero attached hydrogens (tertiary/aromatic N) is 4. The number of amidine groups is 1. The largest absolute Gasteiger partial charge is 0.506 e. The molecule has 2 aliphatic heterocycles. The Kier molecular flexibility index (Phi) is 2.78. The van der Waals surface area contributed by atoms with E-state index in [1.807, 2.05) is 0 Å². The molecule has 21 heavy (non-hydrogen) atoms. The molecular formula is C12H13N4O5+. The highest BCUT2D eigenvalue weighted by Gasteiger charge is 2.55. The normalized spacial score (nSPS) is 20.3. The van der Waals surface area contributed by atoms with Gasteiger partial charge < -0.3 is 9.15 Å². The number of methoxy groups -OCH3 is 1. The molecule has 3 rings (SSSR count). The summed E-state index contributed by atoms with van der Waals surface area (Å²) in [5.41, 5.74) is 0. The summed E-state index contributed by atoms with van der Waals surface area (Å²) in [7, 11) is 2.68. The summed E-state index contributed by atoms with van der Waals surface area (Å²) in [4.78, 5) is 42.3. The lowest BCUT2D eigenvalue weighted by Crippen LogP contribution is -2.63. The van der Waals surface area contributed by atoms with Crippen molar-refractivity contribution in [1.29, 1.82) is 0 Å². The van der Waals surface area contributed by atoms with E-state index in [0.29, 0.717) is 5.76 Å². The van der Waals surface area contributed by atoms with Gasteiger partial charge in [-0.25, -0.2) is 9.69 Å². The number of urea groups is 1. The zero-order valence-corrected chi connectivity index (χ0v) is 11.7. The fourth-order valence-corrected chi connectivity index (χ4v) is 2.37. The molecule has 0 N–H and O–H groups in total. The van der Waals surface area contributed by atoms with Crippen LogP contribution >= 0.6 is 0 Å². The minimum Gasteiger partial charge on any atom is -0.468 e. The SMILES string of the molecule is COC(=O)CN1C(=O)C2C(=Nc3oc(C)c[n+]32)N(C)C1=O. The topological polar surface area (TPSA) is 96.3 Å². The Bertz CT molecular complexity index is 692. The van der Waals surface area contributed by atoms with Crippen LogP contribution in [-0.2, 0) is 14.3 Å². The maximum atomic E-state index is 12.5. The van der Waals surface area contributed by atoms with Gasteiger partial charge in [0.25, 0.3) is 17.8 Å². The summed E-state index contributed by atoms with van der Waals surface area (Å²) in [5, 5.41) is 0. The molecule has 1 aromatic heterocycles. The van der Waals surface area contributed by atoms with Crippen LogP contribution in [0.4, 0.5) is 10.8 Å². The molecule has 0 aromatic carbocycles.